The van der Waals surface area contributed by atoms with E-state index in [1.54, 1.807) is 43.5 Å². The van der Waals surface area contributed by atoms with Crippen LogP contribution in [0.4, 0.5) is 9.18 Å². The van der Waals surface area contributed by atoms with E-state index in [-0.39, 0.29) is 55.1 Å². The van der Waals surface area contributed by atoms with E-state index < -0.39 is 74.5 Å². The third kappa shape index (κ3) is 9.68. The predicted octanol–water partition coefficient (Wildman–Crippen LogP) is 6.57. The molecule has 4 aliphatic carbocycles. The van der Waals surface area contributed by atoms with Gasteiger partial charge in [0.15, 0.2) is 11.6 Å². The SMILES string of the molecule is COc1ccc2c(O[C@@H]3C[C@H]4C(=O)N[C@]5(C(=O)NS(=O)(=O)C6CC6)CC5/C=C\CC[C@H](C)C[C@@H](C)[C@H](NC(=O)OC5C[C@@H]6C[C@@H]6C5)C(=O)N4C3)nc(-c3ccc(OC(C)C)c(F)c3)cc2c1. The Balaban J connectivity index is 1.05. The van der Waals surface area contributed by atoms with E-state index in [9.17, 15) is 22.8 Å². The third-order valence-corrected chi connectivity index (χ3v) is 16.1. The molecule has 17 heteroatoms. The number of aromatic nitrogens is 1. The summed E-state index contributed by atoms with van der Waals surface area (Å²) in [6.45, 7) is 7.51. The maximum atomic E-state index is 15.4. The standard InChI is InChI=1S/C49H60FN5O10S/c1-26(2)63-42-15-10-29(21-39(42)50)40-22-32-20-34(62-5)11-14-38(32)45(51-40)64-36-23-41-44(56)53-49(47(58)54-66(60,61)37-12-13-37)24-33(49)9-7-6-8-27(3)16-28(4)43(46(57)55(41)25-36)52-48(59)65-35-18-30-17-31(30)19-35/h7,9-11,14-15,20-22,26-28,30-31,33,35-37,41,43H,6,8,12-13,16-19,23-25H2,1-5H3,(H,52,59)(H,53,56)(H,54,58)/b9-7-/t27-,28+,30-,31+,33?,35?,36+,41-,43-,49+/m0/s1. The summed E-state index contributed by atoms with van der Waals surface area (Å²) in [6.07, 6.45) is 7.59. The number of alkyl carbamates (subject to hydrolysis) is 1. The van der Waals surface area contributed by atoms with Gasteiger partial charge in [0.1, 0.15) is 35.6 Å². The first kappa shape index (κ1) is 45.7. The summed E-state index contributed by atoms with van der Waals surface area (Å²) >= 11 is 0. The Hall–Kier alpha value is -5.45. The van der Waals surface area contributed by atoms with Gasteiger partial charge in [0.05, 0.1) is 30.7 Å². The molecule has 15 nitrogen and oxygen atoms in total. The van der Waals surface area contributed by atoms with Gasteiger partial charge in [0.25, 0.3) is 5.91 Å². The predicted molar refractivity (Wildman–Crippen MR) is 242 cm³/mol. The number of amides is 4. The van der Waals surface area contributed by atoms with Crippen LogP contribution in [-0.4, -0.2) is 97.0 Å². The van der Waals surface area contributed by atoms with Crippen LogP contribution in [0.15, 0.2) is 54.6 Å². The molecule has 4 amide bonds. The number of carbonyl (C=O) groups is 4. The van der Waals surface area contributed by atoms with Crippen LogP contribution < -0.4 is 29.6 Å². The van der Waals surface area contributed by atoms with Crippen molar-refractivity contribution in [2.45, 2.75) is 133 Å². The second-order valence-electron chi connectivity index (χ2n) is 19.8. The summed E-state index contributed by atoms with van der Waals surface area (Å²) in [5.41, 5.74) is -0.734. The molecule has 2 aromatic carbocycles. The Bertz CT molecular complexity index is 2540. The summed E-state index contributed by atoms with van der Waals surface area (Å²) in [5.74, 6) is -1.32. The summed E-state index contributed by atoms with van der Waals surface area (Å²) in [6, 6.07) is 9.43. The van der Waals surface area contributed by atoms with Gasteiger partial charge in [-0.15, -0.1) is 0 Å². The molecule has 66 heavy (non-hydrogen) atoms. The number of benzene rings is 2. The number of halogens is 1. The van der Waals surface area contributed by atoms with Gasteiger partial charge >= 0.3 is 6.09 Å². The largest absolute Gasteiger partial charge is 0.497 e. The van der Waals surface area contributed by atoms with E-state index in [1.807, 2.05) is 32.9 Å². The van der Waals surface area contributed by atoms with E-state index in [0.717, 1.165) is 25.7 Å². The van der Waals surface area contributed by atoms with Crippen LogP contribution in [0, 0.1) is 35.4 Å². The van der Waals surface area contributed by atoms with Crippen LogP contribution in [0.1, 0.15) is 91.9 Å². The van der Waals surface area contributed by atoms with Gasteiger partial charge in [0, 0.05) is 23.3 Å². The number of allylic oxidation sites excluding steroid dienone is 1. The lowest BCUT2D eigenvalue weighted by Crippen LogP contribution is -2.59. The highest BCUT2D eigenvalue weighted by molar-refractivity contribution is 7.91. The smallest absolute Gasteiger partial charge is 0.408 e. The monoisotopic (exact) mass is 929 g/mol. The van der Waals surface area contributed by atoms with Crippen LogP contribution in [-0.2, 0) is 29.1 Å². The highest BCUT2D eigenvalue weighted by Crippen LogP contribution is 2.52. The number of hydrogen-bond donors (Lipinski definition) is 3. The molecule has 2 aliphatic heterocycles. The van der Waals surface area contributed by atoms with Crippen molar-refractivity contribution < 1.29 is 50.9 Å². The summed E-state index contributed by atoms with van der Waals surface area (Å²) in [5, 5.41) is 6.43. The van der Waals surface area contributed by atoms with Crippen LogP contribution in [0.3, 0.4) is 0 Å². The molecule has 354 valence electrons. The summed E-state index contributed by atoms with van der Waals surface area (Å²) in [7, 11) is -2.40. The van der Waals surface area contributed by atoms with Crippen molar-refractivity contribution in [3.8, 4) is 28.6 Å². The van der Waals surface area contributed by atoms with Crippen LogP contribution in [0.25, 0.3) is 22.0 Å². The molecule has 9 rings (SSSR count). The van der Waals surface area contributed by atoms with Crippen molar-refractivity contribution in [3.63, 3.8) is 0 Å². The number of fused-ring (bicyclic) bond motifs is 4. The van der Waals surface area contributed by atoms with Crippen molar-refractivity contribution >= 4 is 44.6 Å². The summed E-state index contributed by atoms with van der Waals surface area (Å²) in [4.78, 5) is 63.9. The maximum absolute atomic E-state index is 15.4. The molecule has 6 aliphatic rings. The first-order valence-corrected chi connectivity index (χ1v) is 25.0. The zero-order valence-corrected chi connectivity index (χ0v) is 38.9. The number of methoxy groups -OCH3 is 1. The van der Waals surface area contributed by atoms with Crippen molar-refractivity contribution in [2.24, 2.45) is 29.6 Å². The molecule has 1 saturated heterocycles. The van der Waals surface area contributed by atoms with E-state index in [0.29, 0.717) is 65.3 Å². The van der Waals surface area contributed by atoms with Crippen LogP contribution in [0.5, 0.6) is 17.4 Å². The topological polar surface area (TPSA) is 192 Å². The molecular formula is C49H60FN5O10S. The molecule has 0 bridgehead atoms. The first-order chi connectivity index (χ1) is 31.5. The molecule has 0 spiro atoms. The Morgan fingerprint density at radius 1 is 0.970 bits per heavy atom. The number of pyridine rings is 1. The van der Waals surface area contributed by atoms with Gasteiger partial charge in [-0.25, -0.2) is 22.6 Å². The normalized spacial score (nSPS) is 31.3. The van der Waals surface area contributed by atoms with E-state index >= 15 is 9.18 Å². The number of sulfonamides is 1. The fraction of sp³-hybridized carbons (Fsp3) is 0.571. The van der Waals surface area contributed by atoms with Gasteiger partial charge in [-0.1, -0.05) is 26.0 Å². The Morgan fingerprint density at radius 2 is 1.74 bits per heavy atom. The third-order valence-electron chi connectivity index (χ3n) is 14.2. The number of rotatable bonds is 11. The second kappa shape index (κ2) is 18.0. The van der Waals surface area contributed by atoms with Gasteiger partial charge in [0.2, 0.25) is 27.7 Å². The zero-order chi connectivity index (χ0) is 46.7. The minimum absolute atomic E-state index is 0.0393. The Kier molecular flexibility index (Phi) is 12.4. The fourth-order valence-corrected chi connectivity index (χ4v) is 11.7. The molecule has 3 aromatic rings. The highest BCUT2D eigenvalue weighted by Gasteiger charge is 2.62. The van der Waals surface area contributed by atoms with Gasteiger partial charge < -0.3 is 34.5 Å². The molecule has 2 unspecified atom stereocenters. The van der Waals surface area contributed by atoms with Gasteiger partial charge in [-0.3, -0.25) is 19.1 Å². The fourth-order valence-electron chi connectivity index (χ4n) is 10.3. The lowest BCUT2D eigenvalue weighted by molar-refractivity contribution is -0.142. The molecule has 5 fully saturated rings. The minimum atomic E-state index is -3.95. The zero-order valence-electron chi connectivity index (χ0n) is 38.1. The van der Waals surface area contributed by atoms with Crippen molar-refractivity contribution in [1.29, 1.82) is 0 Å². The van der Waals surface area contributed by atoms with Gasteiger partial charge in [-0.2, -0.15) is 0 Å². The molecule has 0 radical (unpaired) electrons. The minimum Gasteiger partial charge on any atom is -0.497 e. The van der Waals surface area contributed by atoms with E-state index in [1.165, 1.54) is 11.0 Å². The van der Waals surface area contributed by atoms with Crippen LogP contribution >= 0.6 is 0 Å². The molecule has 3 N–H and O–H groups in total. The maximum Gasteiger partial charge on any atom is 0.408 e. The molecular weight excluding hydrogens is 870 g/mol. The van der Waals surface area contributed by atoms with E-state index in [2.05, 4.69) is 22.3 Å². The van der Waals surface area contributed by atoms with Crippen molar-refractivity contribution in [1.82, 2.24) is 25.2 Å². The molecule has 3 heterocycles. The second-order valence-corrected chi connectivity index (χ2v) is 21.8. The number of carbonyl (C=O) groups excluding carboxylic acids is 4. The van der Waals surface area contributed by atoms with Crippen molar-refractivity contribution in [2.75, 3.05) is 13.7 Å². The Morgan fingerprint density at radius 3 is 2.45 bits per heavy atom. The summed E-state index contributed by atoms with van der Waals surface area (Å²) < 4.78 is 67.5. The lowest BCUT2D eigenvalue weighted by atomic mass is 9.88. The van der Waals surface area contributed by atoms with Crippen LogP contribution in [0.2, 0.25) is 0 Å². The average molecular weight is 930 g/mol. The van der Waals surface area contributed by atoms with Gasteiger partial charge in [-0.05, 0) is 143 Å². The molecule has 4 saturated carbocycles. The Labute approximate surface area is 385 Å². The number of nitrogens with one attached hydrogen (secondary N) is 3. The number of hydrogen-bond acceptors (Lipinski definition) is 11. The average Bonchev–Trinajstić information content (AvgIpc) is 4.23. The van der Waals surface area contributed by atoms with E-state index in [4.69, 9.17) is 23.9 Å². The quantitative estimate of drug-likeness (QED) is 0.176. The lowest BCUT2D eigenvalue weighted by Gasteiger charge is -2.33. The highest BCUT2D eigenvalue weighted by atomic mass is 32.2. The molecule has 1 aromatic heterocycles. The van der Waals surface area contributed by atoms with Crippen molar-refractivity contribution in [3.05, 3.63) is 60.4 Å². The number of nitrogens with zero attached hydrogens (tertiary/aromatic N) is 2. The first-order valence-electron chi connectivity index (χ1n) is 23.4. The molecule has 10 atom stereocenters. The number of ether oxygens (including phenoxy) is 4.